The Kier molecular flexibility index (Phi) is 5.20. The Morgan fingerprint density at radius 3 is 2.33 bits per heavy atom. The molecular weight excluding hydrogens is 367 g/mol. The zero-order chi connectivity index (χ0) is 18.3. The topological polar surface area (TPSA) is 46.6 Å². The molecule has 1 unspecified atom stereocenters. The number of rotatable bonds is 2. The van der Waals surface area contributed by atoms with Crippen molar-refractivity contribution >= 4 is 28.5 Å². The maximum Gasteiger partial charge on any atom is 0.416 e. The zero-order valence-electron chi connectivity index (χ0n) is 13.3. The van der Waals surface area contributed by atoms with Gasteiger partial charge in [0.15, 0.2) is 0 Å². The third-order valence-corrected chi connectivity index (χ3v) is 5.40. The molecule has 9 heteroatoms. The first-order chi connectivity index (χ1) is 10.9. The standard InChI is InChI=1S/C15H17ClF3NO3S/c1-14(2,3)23-13(21)20-7-10(8-20)24(22)12-5-4-9(6-11(12)16)15(17,18)19/h4-6,10H,7-8H2,1-3H3. The molecule has 1 saturated heterocycles. The summed E-state index contributed by atoms with van der Waals surface area (Å²) in [7, 11) is -1.60. The van der Waals surface area contributed by atoms with Crippen LogP contribution in [0.3, 0.4) is 0 Å². The van der Waals surface area contributed by atoms with Gasteiger partial charge in [-0.2, -0.15) is 13.2 Å². The van der Waals surface area contributed by atoms with Crippen LogP contribution < -0.4 is 0 Å². The number of ether oxygens (including phenoxy) is 1. The van der Waals surface area contributed by atoms with Crippen molar-refractivity contribution in [2.75, 3.05) is 13.1 Å². The number of hydrogen-bond acceptors (Lipinski definition) is 3. The van der Waals surface area contributed by atoms with Crippen LogP contribution in [0.4, 0.5) is 18.0 Å². The van der Waals surface area contributed by atoms with Crippen LogP contribution in [0.1, 0.15) is 26.3 Å². The minimum absolute atomic E-state index is 0.138. The fraction of sp³-hybridized carbons (Fsp3) is 0.533. The number of hydrogen-bond donors (Lipinski definition) is 0. The molecule has 0 spiro atoms. The smallest absolute Gasteiger partial charge is 0.416 e. The van der Waals surface area contributed by atoms with Crippen molar-refractivity contribution in [3.05, 3.63) is 28.8 Å². The van der Waals surface area contributed by atoms with Crippen LogP contribution in [0.5, 0.6) is 0 Å². The van der Waals surface area contributed by atoms with Gasteiger partial charge in [-0.05, 0) is 39.0 Å². The molecule has 0 N–H and O–H groups in total. The number of halogens is 4. The molecule has 1 aromatic rings. The molecule has 2 rings (SSSR count). The Balaban J connectivity index is 2.01. The summed E-state index contributed by atoms with van der Waals surface area (Å²) in [5.74, 6) is 0. The second-order valence-electron chi connectivity index (χ2n) is 6.45. The van der Waals surface area contributed by atoms with Crippen molar-refractivity contribution in [2.24, 2.45) is 0 Å². The Labute approximate surface area is 145 Å². The quantitative estimate of drug-likeness (QED) is 0.773. The van der Waals surface area contributed by atoms with Crippen LogP contribution in [-0.2, 0) is 21.7 Å². The molecule has 4 nitrogen and oxygen atoms in total. The number of nitrogens with zero attached hydrogens (tertiary/aromatic N) is 1. The summed E-state index contributed by atoms with van der Waals surface area (Å²) in [4.78, 5) is 13.4. The Bertz CT molecular complexity index is 667. The van der Waals surface area contributed by atoms with Gasteiger partial charge >= 0.3 is 12.3 Å². The largest absolute Gasteiger partial charge is 0.444 e. The molecule has 1 aliphatic rings. The van der Waals surface area contributed by atoms with E-state index in [2.05, 4.69) is 0 Å². The molecule has 0 aromatic heterocycles. The lowest BCUT2D eigenvalue weighted by molar-refractivity contribution is -0.137. The highest BCUT2D eigenvalue weighted by Crippen LogP contribution is 2.34. The van der Waals surface area contributed by atoms with Crippen molar-refractivity contribution in [3.8, 4) is 0 Å². The molecule has 1 aromatic carbocycles. The van der Waals surface area contributed by atoms with E-state index in [4.69, 9.17) is 16.3 Å². The van der Waals surface area contributed by atoms with E-state index >= 15 is 0 Å². The van der Waals surface area contributed by atoms with Gasteiger partial charge in [-0.25, -0.2) is 4.79 Å². The number of carbonyl (C=O) groups excluding carboxylic acids is 1. The summed E-state index contributed by atoms with van der Waals surface area (Å²) < 4.78 is 55.5. The van der Waals surface area contributed by atoms with E-state index in [0.29, 0.717) is 0 Å². The molecule has 0 bridgehead atoms. The van der Waals surface area contributed by atoms with E-state index < -0.39 is 34.2 Å². The van der Waals surface area contributed by atoms with Crippen molar-refractivity contribution in [2.45, 2.75) is 42.7 Å². The van der Waals surface area contributed by atoms with Gasteiger partial charge in [0.2, 0.25) is 0 Å². The lowest BCUT2D eigenvalue weighted by atomic mass is 10.2. The summed E-state index contributed by atoms with van der Waals surface area (Å²) in [6.07, 6.45) is -5.01. The molecule has 1 amide bonds. The van der Waals surface area contributed by atoms with Gasteiger partial charge in [0.25, 0.3) is 0 Å². The van der Waals surface area contributed by atoms with Gasteiger partial charge < -0.3 is 9.64 Å². The highest BCUT2D eigenvalue weighted by atomic mass is 35.5. The Morgan fingerprint density at radius 1 is 1.29 bits per heavy atom. The van der Waals surface area contributed by atoms with E-state index in [1.165, 1.54) is 4.90 Å². The van der Waals surface area contributed by atoms with E-state index in [0.717, 1.165) is 18.2 Å². The summed E-state index contributed by atoms with van der Waals surface area (Å²) >= 11 is 5.84. The summed E-state index contributed by atoms with van der Waals surface area (Å²) in [5, 5.41) is -0.578. The lowest BCUT2D eigenvalue weighted by Crippen LogP contribution is -2.56. The summed E-state index contributed by atoms with van der Waals surface area (Å²) in [6.45, 7) is 5.63. The number of alkyl halides is 3. The Morgan fingerprint density at radius 2 is 1.88 bits per heavy atom. The fourth-order valence-corrected chi connectivity index (χ4v) is 3.92. The molecular formula is C15H17ClF3NO3S. The van der Waals surface area contributed by atoms with Gasteiger partial charge in [0.1, 0.15) is 5.60 Å². The van der Waals surface area contributed by atoms with Crippen LogP contribution in [-0.4, -0.2) is 39.1 Å². The molecule has 0 aliphatic carbocycles. The summed E-state index contributed by atoms with van der Waals surface area (Å²) in [6, 6.07) is 2.74. The van der Waals surface area contributed by atoms with Crippen LogP contribution in [0.25, 0.3) is 0 Å². The maximum absolute atomic E-state index is 12.6. The molecule has 1 atom stereocenters. The maximum atomic E-state index is 12.6. The molecule has 0 radical (unpaired) electrons. The normalized spacial score (nSPS) is 17.4. The predicted molar refractivity (Wildman–Crippen MR) is 84.5 cm³/mol. The van der Waals surface area contributed by atoms with Gasteiger partial charge in [-0.15, -0.1) is 0 Å². The van der Waals surface area contributed by atoms with Gasteiger partial charge in [-0.3, -0.25) is 4.21 Å². The third kappa shape index (κ3) is 4.42. The molecule has 1 heterocycles. The number of benzene rings is 1. The first-order valence-corrected chi connectivity index (χ1v) is 8.73. The highest BCUT2D eigenvalue weighted by Gasteiger charge is 2.38. The van der Waals surface area contributed by atoms with E-state index in [-0.39, 0.29) is 28.3 Å². The molecule has 1 fully saturated rings. The Hall–Kier alpha value is -1.28. The number of carbonyl (C=O) groups is 1. The first kappa shape index (κ1) is 19.1. The third-order valence-electron chi connectivity index (χ3n) is 3.28. The number of amides is 1. The van der Waals surface area contributed by atoms with Crippen LogP contribution in [0.2, 0.25) is 5.02 Å². The average Bonchev–Trinajstić information content (AvgIpc) is 2.33. The monoisotopic (exact) mass is 383 g/mol. The van der Waals surface area contributed by atoms with Crippen LogP contribution in [0, 0.1) is 0 Å². The highest BCUT2D eigenvalue weighted by molar-refractivity contribution is 7.86. The van der Waals surface area contributed by atoms with E-state index in [9.17, 15) is 22.2 Å². The van der Waals surface area contributed by atoms with E-state index in [1.807, 2.05) is 0 Å². The minimum Gasteiger partial charge on any atom is -0.444 e. The average molecular weight is 384 g/mol. The fourth-order valence-electron chi connectivity index (χ4n) is 2.07. The second-order valence-corrected chi connectivity index (χ2v) is 8.56. The van der Waals surface area contributed by atoms with Crippen molar-refractivity contribution < 1.29 is 26.9 Å². The van der Waals surface area contributed by atoms with Gasteiger partial charge in [0.05, 0.1) is 31.5 Å². The molecule has 134 valence electrons. The summed E-state index contributed by atoms with van der Waals surface area (Å²) in [5.41, 5.74) is -1.52. The molecule has 24 heavy (non-hydrogen) atoms. The second kappa shape index (κ2) is 6.55. The lowest BCUT2D eigenvalue weighted by Gasteiger charge is -2.39. The van der Waals surface area contributed by atoms with Crippen molar-refractivity contribution in [1.29, 1.82) is 0 Å². The van der Waals surface area contributed by atoms with Crippen LogP contribution >= 0.6 is 11.6 Å². The molecule has 0 saturated carbocycles. The van der Waals surface area contributed by atoms with Gasteiger partial charge in [0, 0.05) is 13.1 Å². The minimum atomic E-state index is -4.51. The van der Waals surface area contributed by atoms with Crippen molar-refractivity contribution in [1.82, 2.24) is 4.90 Å². The predicted octanol–water partition coefficient (Wildman–Crippen LogP) is 4.09. The van der Waals surface area contributed by atoms with Crippen LogP contribution in [0.15, 0.2) is 23.1 Å². The van der Waals surface area contributed by atoms with Gasteiger partial charge in [-0.1, -0.05) is 11.6 Å². The first-order valence-electron chi connectivity index (χ1n) is 7.14. The van der Waals surface area contributed by atoms with Crippen molar-refractivity contribution in [3.63, 3.8) is 0 Å². The number of likely N-dealkylation sites (tertiary alicyclic amines) is 1. The SMILES string of the molecule is CC(C)(C)OC(=O)N1CC(S(=O)c2ccc(C(F)(F)F)cc2Cl)C1. The zero-order valence-corrected chi connectivity index (χ0v) is 14.9. The van der Waals surface area contributed by atoms with E-state index in [1.54, 1.807) is 20.8 Å². The molecule has 1 aliphatic heterocycles.